The van der Waals surface area contributed by atoms with E-state index in [1.165, 1.54) is 0 Å². The Hall–Kier alpha value is -0.610. The lowest BCUT2D eigenvalue weighted by molar-refractivity contribution is 0.165. The minimum atomic E-state index is -0.176. The van der Waals surface area contributed by atoms with E-state index in [1.54, 1.807) is 18.4 Å². The summed E-state index contributed by atoms with van der Waals surface area (Å²) in [5.74, 6) is 0.293. The topological polar surface area (TPSA) is 42.4 Å². The van der Waals surface area contributed by atoms with Crippen molar-refractivity contribution in [2.75, 3.05) is 7.11 Å². The first kappa shape index (κ1) is 8.97. The van der Waals surface area contributed by atoms with Gasteiger partial charge in [0.15, 0.2) is 0 Å². The molecule has 3 nitrogen and oxygen atoms in total. The van der Waals surface area contributed by atoms with E-state index in [2.05, 4.69) is 4.98 Å². The Bertz CT molecular complexity index is 287. The van der Waals surface area contributed by atoms with Crippen molar-refractivity contribution < 1.29 is 9.84 Å². The normalized spacial score (nSPS) is 27.8. The molecule has 13 heavy (non-hydrogen) atoms. The molecular weight excluding hydrogens is 186 g/mol. The molecular formula is C9H13NO2S. The number of hydrogen-bond acceptors (Lipinski definition) is 4. The van der Waals surface area contributed by atoms with Gasteiger partial charge in [-0.05, 0) is 12.8 Å². The molecule has 1 fully saturated rings. The fourth-order valence-electron chi connectivity index (χ4n) is 1.81. The highest BCUT2D eigenvalue weighted by Crippen LogP contribution is 2.38. The summed E-state index contributed by atoms with van der Waals surface area (Å²) in [6, 6.07) is 0. The van der Waals surface area contributed by atoms with Gasteiger partial charge in [-0.1, -0.05) is 17.8 Å². The molecule has 0 radical (unpaired) electrons. The van der Waals surface area contributed by atoms with E-state index in [9.17, 15) is 5.11 Å². The van der Waals surface area contributed by atoms with Gasteiger partial charge in [-0.3, -0.25) is 0 Å². The molecule has 1 aromatic heterocycles. The molecule has 72 valence electrons. The van der Waals surface area contributed by atoms with Crippen molar-refractivity contribution in [3.05, 3.63) is 11.1 Å². The monoisotopic (exact) mass is 199 g/mol. The number of hydrogen-bond donors (Lipinski definition) is 1. The number of aliphatic hydroxyl groups is 1. The molecule has 1 saturated carbocycles. The maximum atomic E-state index is 9.66. The quantitative estimate of drug-likeness (QED) is 0.789. The number of thiazole rings is 1. The Kier molecular flexibility index (Phi) is 2.51. The maximum absolute atomic E-state index is 9.66. The van der Waals surface area contributed by atoms with Crippen LogP contribution < -0.4 is 4.74 Å². The predicted molar refractivity (Wildman–Crippen MR) is 51.3 cm³/mol. The van der Waals surface area contributed by atoms with Crippen LogP contribution in [0.3, 0.4) is 0 Å². The second-order valence-corrected chi connectivity index (χ2v) is 4.36. The Morgan fingerprint density at radius 1 is 1.62 bits per heavy atom. The zero-order valence-corrected chi connectivity index (χ0v) is 8.38. The molecule has 1 aliphatic rings. The predicted octanol–water partition coefficient (Wildman–Crippen LogP) is 1.78. The standard InChI is InChI=1S/C9H13NO2S/c1-12-9-10-5-8(13-9)6-3-2-4-7(6)11/h5-7,11H,2-4H2,1H3/t6-,7-/m1/s1. The van der Waals surface area contributed by atoms with E-state index in [4.69, 9.17) is 4.74 Å². The van der Waals surface area contributed by atoms with Crippen LogP contribution in [0.4, 0.5) is 0 Å². The lowest BCUT2D eigenvalue weighted by Crippen LogP contribution is -2.09. The number of aliphatic hydroxyl groups excluding tert-OH is 1. The Morgan fingerprint density at radius 3 is 3.00 bits per heavy atom. The molecule has 1 heterocycles. The van der Waals surface area contributed by atoms with Crippen LogP contribution in [-0.2, 0) is 0 Å². The summed E-state index contributed by atoms with van der Waals surface area (Å²) in [5.41, 5.74) is 0. The summed E-state index contributed by atoms with van der Waals surface area (Å²) in [6.45, 7) is 0. The summed E-state index contributed by atoms with van der Waals surface area (Å²) >= 11 is 1.54. The van der Waals surface area contributed by atoms with Crippen LogP contribution in [0.15, 0.2) is 6.20 Å². The van der Waals surface area contributed by atoms with Crippen molar-refractivity contribution in [2.45, 2.75) is 31.3 Å². The molecule has 1 aliphatic carbocycles. The van der Waals surface area contributed by atoms with E-state index in [-0.39, 0.29) is 6.10 Å². The molecule has 0 spiro atoms. The van der Waals surface area contributed by atoms with Crippen LogP contribution in [0.25, 0.3) is 0 Å². The summed E-state index contributed by atoms with van der Waals surface area (Å²) in [7, 11) is 1.62. The first-order chi connectivity index (χ1) is 6.31. The van der Waals surface area contributed by atoms with E-state index in [0.29, 0.717) is 11.1 Å². The highest BCUT2D eigenvalue weighted by Gasteiger charge is 2.28. The Balaban J connectivity index is 2.15. The molecule has 1 N–H and O–H groups in total. The second kappa shape index (κ2) is 3.64. The average molecular weight is 199 g/mol. The van der Waals surface area contributed by atoms with Gasteiger partial charge in [0.1, 0.15) is 0 Å². The fourth-order valence-corrected chi connectivity index (χ4v) is 2.73. The molecule has 2 atom stereocenters. The van der Waals surface area contributed by atoms with E-state index in [1.807, 2.05) is 6.20 Å². The van der Waals surface area contributed by atoms with Crippen molar-refractivity contribution in [3.63, 3.8) is 0 Å². The first-order valence-corrected chi connectivity index (χ1v) is 5.30. The Labute approximate surface area is 81.4 Å². The highest BCUT2D eigenvalue weighted by molar-refractivity contribution is 7.13. The van der Waals surface area contributed by atoms with Crippen molar-refractivity contribution in [3.8, 4) is 5.19 Å². The molecule has 0 aliphatic heterocycles. The minimum absolute atomic E-state index is 0.176. The van der Waals surface area contributed by atoms with Gasteiger partial charge in [0.05, 0.1) is 13.2 Å². The van der Waals surface area contributed by atoms with Crippen molar-refractivity contribution in [1.29, 1.82) is 0 Å². The van der Waals surface area contributed by atoms with Crippen LogP contribution in [0.1, 0.15) is 30.1 Å². The number of nitrogens with zero attached hydrogens (tertiary/aromatic N) is 1. The molecule has 0 amide bonds. The Morgan fingerprint density at radius 2 is 2.46 bits per heavy atom. The third-order valence-corrected chi connectivity index (χ3v) is 3.61. The average Bonchev–Trinajstić information content (AvgIpc) is 2.71. The number of methoxy groups -OCH3 is 1. The zero-order chi connectivity index (χ0) is 9.26. The second-order valence-electron chi connectivity index (χ2n) is 3.34. The summed E-state index contributed by atoms with van der Waals surface area (Å²) in [4.78, 5) is 5.25. The molecule has 1 aromatic rings. The van der Waals surface area contributed by atoms with Gasteiger partial charge >= 0.3 is 0 Å². The van der Waals surface area contributed by atoms with E-state index >= 15 is 0 Å². The number of rotatable bonds is 2. The lowest BCUT2D eigenvalue weighted by Gasteiger charge is -2.10. The van der Waals surface area contributed by atoms with Crippen molar-refractivity contribution in [2.24, 2.45) is 0 Å². The summed E-state index contributed by atoms with van der Waals surface area (Å²) in [6.07, 6.45) is 4.76. The maximum Gasteiger partial charge on any atom is 0.273 e. The van der Waals surface area contributed by atoms with Gasteiger partial charge in [0.2, 0.25) is 0 Å². The summed E-state index contributed by atoms with van der Waals surface area (Å²) in [5, 5.41) is 10.4. The van der Waals surface area contributed by atoms with Gasteiger partial charge in [0, 0.05) is 17.0 Å². The molecule has 0 unspecified atom stereocenters. The molecule has 0 bridgehead atoms. The molecule has 0 saturated heterocycles. The van der Waals surface area contributed by atoms with Crippen LogP contribution >= 0.6 is 11.3 Å². The van der Waals surface area contributed by atoms with Gasteiger partial charge in [-0.15, -0.1) is 0 Å². The zero-order valence-electron chi connectivity index (χ0n) is 7.56. The molecule has 0 aromatic carbocycles. The van der Waals surface area contributed by atoms with E-state index < -0.39 is 0 Å². The van der Waals surface area contributed by atoms with E-state index in [0.717, 1.165) is 24.1 Å². The SMILES string of the molecule is COc1ncc([C@@H]2CCC[C@H]2O)s1. The van der Waals surface area contributed by atoms with Crippen molar-refractivity contribution >= 4 is 11.3 Å². The van der Waals surface area contributed by atoms with Gasteiger partial charge in [-0.2, -0.15) is 0 Å². The lowest BCUT2D eigenvalue weighted by atomic mass is 10.1. The van der Waals surface area contributed by atoms with Gasteiger partial charge in [0.25, 0.3) is 5.19 Å². The van der Waals surface area contributed by atoms with Crippen LogP contribution in [0, 0.1) is 0 Å². The largest absolute Gasteiger partial charge is 0.473 e. The minimum Gasteiger partial charge on any atom is -0.473 e. The molecule has 2 rings (SSSR count). The highest BCUT2D eigenvalue weighted by atomic mass is 32.1. The van der Waals surface area contributed by atoms with Crippen LogP contribution in [0.5, 0.6) is 5.19 Å². The fraction of sp³-hybridized carbons (Fsp3) is 0.667. The van der Waals surface area contributed by atoms with Gasteiger partial charge < -0.3 is 9.84 Å². The summed E-state index contributed by atoms with van der Waals surface area (Å²) < 4.78 is 5.02. The molecule has 4 heteroatoms. The third-order valence-electron chi connectivity index (χ3n) is 2.52. The van der Waals surface area contributed by atoms with Gasteiger partial charge in [-0.25, -0.2) is 4.98 Å². The smallest absolute Gasteiger partial charge is 0.273 e. The van der Waals surface area contributed by atoms with Crippen LogP contribution in [0.2, 0.25) is 0 Å². The van der Waals surface area contributed by atoms with Crippen LogP contribution in [-0.4, -0.2) is 23.3 Å². The number of ether oxygens (including phenoxy) is 1. The first-order valence-electron chi connectivity index (χ1n) is 4.49. The number of aromatic nitrogens is 1. The van der Waals surface area contributed by atoms with Crippen molar-refractivity contribution in [1.82, 2.24) is 4.98 Å². The third kappa shape index (κ3) is 1.69.